The molecule has 0 aromatic rings. The maximum atomic E-state index is 5.98. The van der Waals surface area contributed by atoms with E-state index < -0.39 is 0 Å². The van der Waals surface area contributed by atoms with Gasteiger partial charge in [0.25, 0.3) is 0 Å². The summed E-state index contributed by atoms with van der Waals surface area (Å²) in [6.07, 6.45) is 3.63. The summed E-state index contributed by atoms with van der Waals surface area (Å²) >= 11 is 0. The molecular formula is C7H16N2. The van der Waals surface area contributed by atoms with Gasteiger partial charge in [-0.3, -0.25) is 0 Å². The minimum atomic E-state index is -0.0278. The van der Waals surface area contributed by atoms with Crippen molar-refractivity contribution in [3.05, 3.63) is 0 Å². The fraction of sp³-hybridized carbons (Fsp3) is 1.00. The van der Waals surface area contributed by atoms with Crippen molar-refractivity contribution in [2.45, 2.75) is 31.7 Å². The van der Waals surface area contributed by atoms with Crippen molar-refractivity contribution < 1.29 is 0 Å². The highest BCUT2D eigenvalue weighted by Gasteiger charge is 2.34. The second-order valence-corrected chi connectivity index (χ2v) is 3.23. The summed E-state index contributed by atoms with van der Waals surface area (Å²) in [6.45, 7) is 2.84. The Balaban J connectivity index is 2.56. The van der Waals surface area contributed by atoms with Gasteiger partial charge in [0.15, 0.2) is 0 Å². The minimum absolute atomic E-state index is 0.0278. The molecule has 0 radical (unpaired) electrons. The molecule has 2 heteroatoms. The lowest BCUT2D eigenvalue weighted by molar-refractivity contribution is 0.348. The quantitative estimate of drug-likeness (QED) is 0.539. The molecule has 0 heterocycles. The summed E-state index contributed by atoms with van der Waals surface area (Å²) < 4.78 is 0. The van der Waals surface area contributed by atoms with Gasteiger partial charge in [-0.25, -0.2) is 0 Å². The molecule has 0 amide bonds. The number of nitrogens with two attached hydrogens (primary N) is 2. The second kappa shape index (κ2) is 2.27. The molecule has 1 aliphatic carbocycles. The van der Waals surface area contributed by atoms with Crippen LogP contribution in [0.3, 0.4) is 0 Å². The third-order valence-electron chi connectivity index (χ3n) is 2.64. The fourth-order valence-electron chi connectivity index (χ4n) is 1.57. The molecule has 0 saturated heterocycles. The maximum Gasteiger partial charge on any atom is 0.0304 e. The van der Waals surface area contributed by atoms with E-state index in [1.54, 1.807) is 0 Å². The average Bonchev–Trinajstić information content (AvgIpc) is 2.15. The second-order valence-electron chi connectivity index (χ2n) is 3.23. The minimum Gasteiger partial charge on any atom is -0.329 e. The van der Waals surface area contributed by atoms with E-state index in [0.717, 1.165) is 6.42 Å². The van der Waals surface area contributed by atoms with E-state index >= 15 is 0 Å². The van der Waals surface area contributed by atoms with Crippen LogP contribution in [-0.2, 0) is 0 Å². The lowest BCUT2D eigenvalue weighted by atomic mass is 9.90. The Kier molecular flexibility index (Phi) is 1.78. The Morgan fingerprint density at radius 3 is 2.56 bits per heavy atom. The zero-order valence-corrected chi connectivity index (χ0v) is 6.06. The Morgan fingerprint density at radius 1 is 1.67 bits per heavy atom. The molecule has 1 fully saturated rings. The van der Waals surface area contributed by atoms with Gasteiger partial charge in [-0.05, 0) is 18.8 Å². The van der Waals surface area contributed by atoms with Crippen molar-refractivity contribution in [1.82, 2.24) is 0 Å². The highest BCUT2D eigenvalue weighted by Crippen LogP contribution is 2.31. The van der Waals surface area contributed by atoms with Crippen LogP contribution in [-0.4, -0.2) is 12.1 Å². The van der Waals surface area contributed by atoms with Crippen molar-refractivity contribution in [3.63, 3.8) is 0 Å². The summed E-state index contributed by atoms with van der Waals surface area (Å²) in [7, 11) is 0. The average molecular weight is 128 g/mol. The zero-order chi connectivity index (χ0) is 6.91. The van der Waals surface area contributed by atoms with Gasteiger partial charge in [0.2, 0.25) is 0 Å². The molecule has 2 nitrogen and oxygen atoms in total. The standard InChI is InChI=1S/C7H16N2/c1-6-3-2-4-7(6,9)5-8/h6H,2-5,8-9H2,1H3. The SMILES string of the molecule is CC1CCCC1(N)CN. The number of rotatable bonds is 1. The summed E-state index contributed by atoms with van der Waals surface area (Å²) in [5, 5.41) is 0. The van der Waals surface area contributed by atoms with Gasteiger partial charge in [-0.2, -0.15) is 0 Å². The van der Waals surface area contributed by atoms with Gasteiger partial charge in [0.05, 0.1) is 0 Å². The predicted octanol–water partition coefficient (Wildman–Crippen LogP) is 0.463. The van der Waals surface area contributed by atoms with E-state index in [4.69, 9.17) is 11.5 Å². The normalized spacial score (nSPS) is 43.7. The molecule has 2 atom stereocenters. The topological polar surface area (TPSA) is 52.0 Å². The molecule has 4 N–H and O–H groups in total. The third kappa shape index (κ3) is 1.10. The third-order valence-corrected chi connectivity index (χ3v) is 2.64. The van der Waals surface area contributed by atoms with E-state index in [2.05, 4.69) is 6.92 Å². The van der Waals surface area contributed by atoms with Crippen molar-refractivity contribution in [1.29, 1.82) is 0 Å². The van der Waals surface area contributed by atoms with E-state index in [0.29, 0.717) is 12.5 Å². The molecular weight excluding hydrogens is 112 g/mol. The monoisotopic (exact) mass is 128 g/mol. The molecule has 54 valence electrons. The predicted molar refractivity (Wildman–Crippen MR) is 39.0 cm³/mol. The molecule has 0 aromatic carbocycles. The molecule has 1 rings (SSSR count). The van der Waals surface area contributed by atoms with Gasteiger partial charge >= 0.3 is 0 Å². The lowest BCUT2D eigenvalue weighted by Gasteiger charge is -2.26. The summed E-state index contributed by atoms with van der Waals surface area (Å²) in [6, 6.07) is 0. The van der Waals surface area contributed by atoms with Crippen molar-refractivity contribution in [3.8, 4) is 0 Å². The molecule has 9 heavy (non-hydrogen) atoms. The van der Waals surface area contributed by atoms with E-state index in [1.807, 2.05) is 0 Å². The first-order valence-electron chi connectivity index (χ1n) is 3.68. The van der Waals surface area contributed by atoms with Crippen molar-refractivity contribution >= 4 is 0 Å². The van der Waals surface area contributed by atoms with Crippen molar-refractivity contribution in [2.24, 2.45) is 17.4 Å². The van der Waals surface area contributed by atoms with E-state index in [9.17, 15) is 0 Å². The van der Waals surface area contributed by atoms with Crippen LogP contribution in [0.15, 0.2) is 0 Å². The Bertz CT molecular complexity index is 103. The summed E-state index contributed by atoms with van der Waals surface area (Å²) in [5.41, 5.74) is 11.5. The first-order valence-corrected chi connectivity index (χ1v) is 3.68. The maximum absolute atomic E-state index is 5.98. The largest absolute Gasteiger partial charge is 0.329 e. The molecule has 1 aliphatic rings. The fourth-order valence-corrected chi connectivity index (χ4v) is 1.57. The van der Waals surface area contributed by atoms with Gasteiger partial charge < -0.3 is 11.5 Å². The number of hydrogen-bond acceptors (Lipinski definition) is 2. The highest BCUT2D eigenvalue weighted by atomic mass is 14.8. The first kappa shape index (κ1) is 7.03. The van der Waals surface area contributed by atoms with Gasteiger partial charge in [-0.1, -0.05) is 13.3 Å². The molecule has 0 aliphatic heterocycles. The molecule has 2 unspecified atom stereocenters. The van der Waals surface area contributed by atoms with Crippen LogP contribution in [0.4, 0.5) is 0 Å². The highest BCUT2D eigenvalue weighted by molar-refractivity contribution is 4.94. The van der Waals surface area contributed by atoms with Crippen LogP contribution in [0, 0.1) is 5.92 Å². The molecule has 0 aromatic heterocycles. The smallest absolute Gasteiger partial charge is 0.0304 e. The Hall–Kier alpha value is -0.0800. The molecule has 0 spiro atoms. The van der Waals surface area contributed by atoms with Gasteiger partial charge in [0, 0.05) is 12.1 Å². The van der Waals surface area contributed by atoms with Crippen LogP contribution in [0.1, 0.15) is 26.2 Å². The Labute approximate surface area is 56.6 Å². The summed E-state index contributed by atoms with van der Waals surface area (Å²) in [4.78, 5) is 0. The Morgan fingerprint density at radius 2 is 2.33 bits per heavy atom. The molecule has 0 bridgehead atoms. The number of hydrogen-bond donors (Lipinski definition) is 2. The first-order chi connectivity index (χ1) is 4.19. The molecule has 1 saturated carbocycles. The van der Waals surface area contributed by atoms with E-state index in [1.165, 1.54) is 12.8 Å². The summed E-state index contributed by atoms with van der Waals surface area (Å²) in [5.74, 6) is 0.627. The van der Waals surface area contributed by atoms with E-state index in [-0.39, 0.29) is 5.54 Å². The zero-order valence-electron chi connectivity index (χ0n) is 6.06. The van der Waals surface area contributed by atoms with Crippen LogP contribution in [0.2, 0.25) is 0 Å². The van der Waals surface area contributed by atoms with Crippen molar-refractivity contribution in [2.75, 3.05) is 6.54 Å². The van der Waals surface area contributed by atoms with Crippen LogP contribution >= 0.6 is 0 Å². The van der Waals surface area contributed by atoms with Gasteiger partial charge in [-0.15, -0.1) is 0 Å². The van der Waals surface area contributed by atoms with Gasteiger partial charge in [0.1, 0.15) is 0 Å². The lowest BCUT2D eigenvalue weighted by Crippen LogP contribution is -2.48. The van der Waals surface area contributed by atoms with Crippen LogP contribution in [0.25, 0.3) is 0 Å². The van der Waals surface area contributed by atoms with Crippen LogP contribution < -0.4 is 11.5 Å². The van der Waals surface area contributed by atoms with Crippen LogP contribution in [0.5, 0.6) is 0 Å².